The van der Waals surface area contributed by atoms with Gasteiger partial charge in [-0.2, -0.15) is 4.63 Å². The van der Waals surface area contributed by atoms with Crippen LogP contribution >= 0.6 is 11.6 Å². The van der Waals surface area contributed by atoms with Crippen molar-refractivity contribution in [3.05, 3.63) is 64.8 Å². The number of aryl methyl sites for hydroxylation is 2. The van der Waals surface area contributed by atoms with Crippen LogP contribution < -0.4 is 10.1 Å². The first-order valence-corrected chi connectivity index (χ1v) is 9.67. The molecule has 1 unspecified atom stereocenters. The molecule has 150 valence electrons. The molecule has 0 aliphatic rings. The average Bonchev–Trinajstić information content (AvgIpc) is 3.23. The van der Waals surface area contributed by atoms with Gasteiger partial charge < -0.3 is 14.8 Å². The zero-order valence-corrected chi connectivity index (χ0v) is 17.2. The first kappa shape index (κ1) is 19.3. The lowest BCUT2D eigenvalue weighted by Gasteiger charge is -2.16. The molecule has 4 aromatic rings. The van der Waals surface area contributed by atoms with Gasteiger partial charge in [-0.3, -0.25) is 5.10 Å². The number of hydrogen-bond donors (Lipinski definition) is 2. The lowest BCUT2D eigenvalue weighted by Crippen LogP contribution is -2.20. The monoisotopic (exact) mass is 411 g/mol. The van der Waals surface area contributed by atoms with Crippen LogP contribution in [0.3, 0.4) is 0 Å². The number of nitrogens with zero attached hydrogens (tertiary/aromatic N) is 3. The highest BCUT2D eigenvalue weighted by molar-refractivity contribution is 6.34. The van der Waals surface area contributed by atoms with E-state index in [2.05, 4.69) is 20.5 Å². The van der Waals surface area contributed by atoms with Gasteiger partial charge in [-0.25, -0.2) is 4.98 Å². The van der Waals surface area contributed by atoms with Crippen molar-refractivity contribution in [3.8, 4) is 17.1 Å². The molecule has 0 saturated carbocycles. The molecular weight excluding hydrogens is 390 g/mol. The van der Waals surface area contributed by atoms with E-state index in [9.17, 15) is 0 Å². The molecule has 8 heteroatoms. The number of aromatic nitrogens is 4. The van der Waals surface area contributed by atoms with E-state index < -0.39 is 0 Å². The van der Waals surface area contributed by atoms with Gasteiger partial charge in [0.05, 0.1) is 5.69 Å². The van der Waals surface area contributed by atoms with Crippen molar-refractivity contribution >= 4 is 22.9 Å². The summed E-state index contributed by atoms with van der Waals surface area (Å²) in [7, 11) is 0. The summed E-state index contributed by atoms with van der Waals surface area (Å²) >= 11 is 6.22. The standard InChI is InChI=1S/C21H22ClN5O2/c1-13-4-10-18(11-5-13)29-15(3)28-12-23-17-8-6-16(7-9-17)20-24-21-19(22)14(2)25-27(21)26-20/h4-11,15,23,25H,12H2,1-3H3. The smallest absolute Gasteiger partial charge is 0.198 e. The summed E-state index contributed by atoms with van der Waals surface area (Å²) in [6, 6.07) is 15.7. The minimum atomic E-state index is -0.365. The molecule has 0 saturated heterocycles. The van der Waals surface area contributed by atoms with Gasteiger partial charge >= 0.3 is 0 Å². The molecule has 2 N–H and O–H groups in total. The van der Waals surface area contributed by atoms with Crippen LogP contribution in [0.25, 0.3) is 17.0 Å². The van der Waals surface area contributed by atoms with E-state index in [4.69, 9.17) is 21.1 Å². The summed E-state index contributed by atoms with van der Waals surface area (Å²) in [5, 5.41) is 11.3. The fourth-order valence-corrected chi connectivity index (χ4v) is 3.02. The Labute approximate surface area is 173 Å². The van der Waals surface area contributed by atoms with Crippen LogP contribution in [-0.4, -0.2) is 32.8 Å². The second-order valence-corrected chi connectivity index (χ2v) is 7.16. The SMILES string of the molecule is Cc1ccc(OC(C)OCNc2ccc(-c3nc4c(Cl)c(C)[nH]n4n3)cc2)cc1. The third-order valence-corrected chi connectivity index (χ3v) is 4.92. The molecule has 0 radical (unpaired) electrons. The maximum Gasteiger partial charge on any atom is 0.198 e. The van der Waals surface area contributed by atoms with E-state index in [1.54, 1.807) is 4.63 Å². The fourth-order valence-electron chi connectivity index (χ4n) is 2.85. The fraction of sp³-hybridized carbons (Fsp3) is 0.238. The molecule has 2 aromatic carbocycles. The Morgan fingerprint density at radius 1 is 1.10 bits per heavy atom. The molecule has 0 aliphatic heterocycles. The minimum absolute atomic E-state index is 0.326. The Balaban J connectivity index is 1.31. The van der Waals surface area contributed by atoms with Gasteiger partial charge in [0.2, 0.25) is 0 Å². The number of anilines is 1. The molecule has 0 bridgehead atoms. The highest BCUT2D eigenvalue weighted by atomic mass is 35.5. The van der Waals surface area contributed by atoms with E-state index in [0.29, 0.717) is 23.2 Å². The summed E-state index contributed by atoms with van der Waals surface area (Å²) in [5.74, 6) is 1.40. The highest BCUT2D eigenvalue weighted by Crippen LogP contribution is 2.24. The van der Waals surface area contributed by atoms with Gasteiger partial charge in [0.1, 0.15) is 17.5 Å². The summed E-state index contributed by atoms with van der Waals surface area (Å²) in [4.78, 5) is 4.49. The number of nitrogens with one attached hydrogen (secondary N) is 2. The molecule has 0 fully saturated rings. The topological polar surface area (TPSA) is 76.5 Å². The van der Waals surface area contributed by atoms with Gasteiger partial charge in [-0.15, -0.1) is 5.10 Å². The van der Waals surface area contributed by atoms with Crippen LogP contribution in [0.4, 0.5) is 5.69 Å². The summed E-state index contributed by atoms with van der Waals surface area (Å²) < 4.78 is 13.0. The molecule has 0 spiro atoms. The van der Waals surface area contributed by atoms with Crippen molar-refractivity contribution < 1.29 is 9.47 Å². The van der Waals surface area contributed by atoms with Gasteiger partial charge in [0, 0.05) is 11.3 Å². The van der Waals surface area contributed by atoms with Crippen LogP contribution in [0, 0.1) is 13.8 Å². The first-order chi connectivity index (χ1) is 14.0. The zero-order valence-electron chi connectivity index (χ0n) is 16.4. The number of hydrogen-bond acceptors (Lipinski definition) is 5. The predicted molar refractivity (Wildman–Crippen MR) is 113 cm³/mol. The van der Waals surface area contributed by atoms with E-state index in [1.165, 1.54) is 5.56 Å². The summed E-state index contributed by atoms with van der Waals surface area (Å²) in [6.45, 7) is 6.11. The zero-order chi connectivity index (χ0) is 20.4. The van der Waals surface area contributed by atoms with Crippen LogP contribution in [-0.2, 0) is 4.74 Å². The number of fused-ring (bicyclic) bond motifs is 1. The summed E-state index contributed by atoms with van der Waals surface area (Å²) in [6.07, 6.45) is -0.365. The van der Waals surface area contributed by atoms with Crippen molar-refractivity contribution in [2.24, 2.45) is 0 Å². The average molecular weight is 412 g/mol. The molecule has 1 atom stereocenters. The third kappa shape index (κ3) is 4.36. The van der Waals surface area contributed by atoms with E-state index in [-0.39, 0.29) is 6.29 Å². The largest absolute Gasteiger partial charge is 0.465 e. The maximum atomic E-state index is 6.22. The highest BCUT2D eigenvalue weighted by Gasteiger charge is 2.13. The number of H-pyrrole nitrogens is 1. The molecule has 4 rings (SSSR count). The number of halogens is 1. The Hall–Kier alpha value is -3.03. The van der Waals surface area contributed by atoms with Crippen molar-refractivity contribution in [2.75, 3.05) is 12.0 Å². The normalized spacial score (nSPS) is 12.3. The van der Waals surface area contributed by atoms with E-state index in [1.807, 2.05) is 69.3 Å². The Morgan fingerprint density at radius 2 is 1.83 bits per heavy atom. The number of benzene rings is 2. The number of ether oxygens (including phenoxy) is 2. The second kappa shape index (κ2) is 8.14. The first-order valence-electron chi connectivity index (χ1n) is 9.29. The number of rotatable bonds is 7. The Kier molecular flexibility index (Phi) is 5.42. The van der Waals surface area contributed by atoms with Crippen molar-refractivity contribution in [1.29, 1.82) is 0 Å². The van der Waals surface area contributed by atoms with Crippen molar-refractivity contribution in [1.82, 2.24) is 19.8 Å². The van der Waals surface area contributed by atoms with Gasteiger partial charge in [-0.05, 0) is 57.2 Å². The Bertz CT molecular complexity index is 1100. The lowest BCUT2D eigenvalue weighted by molar-refractivity contribution is -0.0591. The van der Waals surface area contributed by atoms with Crippen LogP contribution in [0.1, 0.15) is 18.2 Å². The van der Waals surface area contributed by atoms with E-state index in [0.717, 1.165) is 22.7 Å². The molecular formula is C21H22ClN5O2. The molecule has 0 amide bonds. The van der Waals surface area contributed by atoms with Crippen molar-refractivity contribution in [2.45, 2.75) is 27.1 Å². The second-order valence-electron chi connectivity index (χ2n) is 6.79. The minimum Gasteiger partial charge on any atom is -0.465 e. The molecule has 2 aromatic heterocycles. The Morgan fingerprint density at radius 3 is 2.52 bits per heavy atom. The molecule has 7 nitrogen and oxygen atoms in total. The molecule has 2 heterocycles. The molecule has 0 aliphatic carbocycles. The van der Waals surface area contributed by atoms with Crippen LogP contribution in [0.15, 0.2) is 48.5 Å². The van der Waals surface area contributed by atoms with E-state index >= 15 is 0 Å². The van der Waals surface area contributed by atoms with Gasteiger partial charge in [0.15, 0.2) is 17.8 Å². The molecule has 29 heavy (non-hydrogen) atoms. The third-order valence-electron chi connectivity index (χ3n) is 4.47. The van der Waals surface area contributed by atoms with Crippen LogP contribution in [0.5, 0.6) is 5.75 Å². The predicted octanol–water partition coefficient (Wildman–Crippen LogP) is 4.81. The summed E-state index contributed by atoms with van der Waals surface area (Å²) in [5.41, 5.74) is 4.48. The van der Waals surface area contributed by atoms with Crippen LogP contribution in [0.2, 0.25) is 5.02 Å². The van der Waals surface area contributed by atoms with Crippen molar-refractivity contribution in [3.63, 3.8) is 0 Å². The quantitative estimate of drug-likeness (QED) is 0.427. The number of aromatic amines is 1. The maximum absolute atomic E-state index is 6.22. The lowest BCUT2D eigenvalue weighted by atomic mass is 10.2. The van der Waals surface area contributed by atoms with Gasteiger partial charge in [0.25, 0.3) is 0 Å². The van der Waals surface area contributed by atoms with Gasteiger partial charge in [-0.1, -0.05) is 29.3 Å².